The van der Waals surface area contributed by atoms with Gasteiger partial charge in [-0.3, -0.25) is 9.36 Å². The van der Waals surface area contributed by atoms with Crippen LogP contribution in [0.1, 0.15) is 16.8 Å². The van der Waals surface area contributed by atoms with Gasteiger partial charge in [-0.25, -0.2) is 9.37 Å². The zero-order chi connectivity index (χ0) is 24.6. The first kappa shape index (κ1) is 24.2. The van der Waals surface area contributed by atoms with Gasteiger partial charge in [0, 0.05) is 30.8 Å². The van der Waals surface area contributed by atoms with Crippen molar-refractivity contribution in [3.63, 3.8) is 0 Å². The Labute approximate surface area is 204 Å². The van der Waals surface area contributed by atoms with Crippen molar-refractivity contribution in [2.45, 2.75) is 6.42 Å². The van der Waals surface area contributed by atoms with Gasteiger partial charge >= 0.3 is 0 Å². The molecule has 0 bridgehead atoms. The summed E-state index contributed by atoms with van der Waals surface area (Å²) in [5.41, 5.74) is 3.21. The van der Waals surface area contributed by atoms with Crippen LogP contribution in [0.2, 0.25) is 0 Å². The van der Waals surface area contributed by atoms with Gasteiger partial charge in [-0.05, 0) is 80.8 Å². The predicted octanol–water partition coefficient (Wildman–Crippen LogP) is 4.30. The van der Waals surface area contributed by atoms with Crippen LogP contribution in [0.25, 0.3) is 16.7 Å². The summed E-state index contributed by atoms with van der Waals surface area (Å²) >= 11 is 0. The molecule has 1 amide bonds. The maximum Gasteiger partial charge on any atom is 0.251 e. The van der Waals surface area contributed by atoms with Crippen LogP contribution >= 0.6 is 0 Å². The number of amides is 1. The average molecular weight is 477 g/mol. The first-order valence-corrected chi connectivity index (χ1v) is 11.5. The number of halogens is 1. The van der Waals surface area contributed by atoms with E-state index in [2.05, 4.69) is 10.3 Å². The van der Waals surface area contributed by atoms with E-state index in [9.17, 15) is 9.18 Å². The van der Waals surface area contributed by atoms with E-state index >= 15 is 0 Å². The second-order valence-electron chi connectivity index (χ2n) is 8.38. The summed E-state index contributed by atoms with van der Waals surface area (Å²) in [5.74, 6) is 1.01. The van der Waals surface area contributed by atoms with E-state index in [1.165, 1.54) is 12.1 Å². The van der Waals surface area contributed by atoms with Crippen molar-refractivity contribution >= 4 is 16.9 Å². The number of carbonyl (C=O) groups excluding carboxylic acids is 1. The van der Waals surface area contributed by atoms with Crippen LogP contribution in [-0.4, -0.2) is 60.8 Å². The first-order chi connectivity index (χ1) is 17.0. The Balaban J connectivity index is 1.30. The predicted molar refractivity (Wildman–Crippen MR) is 134 cm³/mol. The largest absolute Gasteiger partial charge is 0.493 e. The Bertz CT molecular complexity index is 1250. The van der Waals surface area contributed by atoms with Crippen LogP contribution in [0.15, 0.2) is 73.1 Å². The number of aromatic nitrogens is 2. The molecule has 1 heterocycles. The molecular formula is C27H29FN4O3. The normalized spacial score (nSPS) is 11.1. The monoisotopic (exact) mass is 476 g/mol. The third-order valence-electron chi connectivity index (χ3n) is 5.41. The quantitative estimate of drug-likeness (QED) is 0.327. The Morgan fingerprint density at radius 3 is 2.29 bits per heavy atom. The van der Waals surface area contributed by atoms with Crippen LogP contribution in [0, 0.1) is 5.82 Å². The van der Waals surface area contributed by atoms with E-state index in [0.29, 0.717) is 37.5 Å². The molecule has 0 aliphatic heterocycles. The molecule has 0 spiro atoms. The summed E-state index contributed by atoms with van der Waals surface area (Å²) < 4.78 is 26.3. The molecule has 0 saturated heterocycles. The highest BCUT2D eigenvalue weighted by molar-refractivity contribution is 5.97. The first-order valence-electron chi connectivity index (χ1n) is 11.5. The lowest BCUT2D eigenvalue weighted by molar-refractivity contribution is 0.0951. The van der Waals surface area contributed by atoms with Crippen LogP contribution < -0.4 is 14.8 Å². The van der Waals surface area contributed by atoms with E-state index in [0.717, 1.165) is 29.0 Å². The molecule has 182 valence electrons. The second-order valence-corrected chi connectivity index (χ2v) is 8.38. The molecule has 0 saturated carbocycles. The number of ether oxygens (including phenoxy) is 2. The molecular weight excluding hydrogens is 447 g/mol. The van der Waals surface area contributed by atoms with Crippen molar-refractivity contribution in [2.24, 2.45) is 0 Å². The number of likely N-dealkylation sites (N-methyl/N-ethyl adjacent to an activating group) is 1. The Kier molecular flexibility index (Phi) is 7.95. The van der Waals surface area contributed by atoms with Crippen LogP contribution in [0.3, 0.4) is 0 Å². The number of nitrogens with one attached hydrogen (secondary N) is 1. The summed E-state index contributed by atoms with van der Waals surface area (Å²) in [5, 5.41) is 2.92. The van der Waals surface area contributed by atoms with Crippen LogP contribution in [-0.2, 0) is 0 Å². The smallest absolute Gasteiger partial charge is 0.251 e. The molecule has 3 aromatic carbocycles. The third kappa shape index (κ3) is 6.58. The van der Waals surface area contributed by atoms with E-state index in [-0.39, 0.29) is 11.7 Å². The second kappa shape index (κ2) is 11.5. The zero-order valence-corrected chi connectivity index (χ0v) is 19.9. The van der Waals surface area contributed by atoms with Crippen molar-refractivity contribution in [3.05, 3.63) is 84.4 Å². The van der Waals surface area contributed by atoms with Crippen LogP contribution in [0.5, 0.6) is 11.5 Å². The van der Waals surface area contributed by atoms with Crippen molar-refractivity contribution < 1.29 is 18.7 Å². The highest BCUT2D eigenvalue weighted by atomic mass is 19.1. The minimum atomic E-state index is -0.281. The molecule has 8 heteroatoms. The van der Waals surface area contributed by atoms with E-state index in [1.54, 1.807) is 18.5 Å². The van der Waals surface area contributed by atoms with Gasteiger partial charge in [0.2, 0.25) is 0 Å². The highest BCUT2D eigenvalue weighted by Gasteiger charge is 2.10. The van der Waals surface area contributed by atoms with Gasteiger partial charge in [0.1, 0.15) is 23.6 Å². The van der Waals surface area contributed by atoms with Crippen LogP contribution in [0.4, 0.5) is 4.39 Å². The van der Waals surface area contributed by atoms with Gasteiger partial charge in [-0.15, -0.1) is 0 Å². The molecule has 1 aromatic heterocycles. The number of nitrogens with zero attached hydrogens (tertiary/aromatic N) is 3. The van der Waals surface area contributed by atoms with Crippen molar-refractivity contribution in [2.75, 3.05) is 40.4 Å². The van der Waals surface area contributed by atoms with Crippen molar-refractivity contribution in [1.29, 1.82) is 0 Å². The molecule has 0 unspecified atom stereocenters. The summed E-state index contributed by atoms with van der Waals surface area (Å²) in [4.78, 5) is 18.9. The lowest BCUT2D eigenvalue weighted by Crippen LogP contribution is -2.31. The molecule has 0 radical (unpaired) electrons. The van der Waals surface area contributed by atoms with E-state index < -0.39 is 0 Å². The molecule has 7 nitrogen and oxygen atoms in total. The minimum absolute atomic E-state index is 0.104. The zero-order valence-electron chi connectivity index (χ0n) is 19.9. The SMILES string of the molecule is CN(C)CCNC(=O)c1ccc2c(c1)ncn2-c1ccc(OCCCOc2ccc(F)cc2)cc1. The van der Waals surface area contributed by atoms with E-state index in [1.807, 2.05) is 66.0 Å². The molecule has 1 N–H and O–H groups in total. The van der Waals surface area contributed by atoms with Gasteiger partial charge in [-0.1, -0.05) is 0 Å². The number of rotatable bonds is 11. The standard InChI is InChI=1S/C27H29FN4O3/c1-31(2)15-14-29-27(33)20-4-13-26-25(18-20)30-19-32(26)22-7-11-24(12-8-22)35-17-3-16-34-23-9-5-21(28)6-10-23/h4-13,18-19H,3,14-17H2,1-2H3,(H,29,33). The van der Waals surface area contributed by atoms with E-state index in [4.69, 9.17) is 9.47 Å². The number of imidazole rings is 1. The summed E-state index contributed by atoms with van der Waals surface area (Å²) in [6.45, 7) is 2.37. The lowest BCUT2D eigenvalue weighted by Gasteiger charge is -2.11. The molecule has 0 atom stereocenters. The fourth-order valence-corrected chi connectivity index (χ4v) is 3.53. The Hall–Kier alpha value is -3.91. The molecule has 0 fully saturated rings. The minimum Gasteiger partial charge on any atom is -0.493 e. The summed E-state index contributed by atoms with van der Waals surface area (Å²) in [6.07, 6.45) is 2.46. The average Bonchev–Trinajstić information content (AvgIpc) is 3.28. The molecule has 4 aromatic rings. The topological polar surface area (TPSA) is 68.6 Å². The van der Waals surface area contributed by atoms with Gasteiger partial charge in [0.05, 0.1) is 24.2 Å². The number of hydrogen-bond acceptors (Lipinski definition) is 5. The summed E-state index contributed by atoms with van der Waals surface area (Å²) in [6, 6.07) is 19.3. The third-order valence-corrected chi connectivity index (χ3v) is 5.41. The Morgan fingerprint density at radius 2 is 1.63 bits per heavy atom. The number of fused-ring (bicyclic) bond motifs is 1. The number of hydrogen-bond donors (Lipinski definition) is 1. The molecule has 0 aliphatic rings. The van der Waals surface area contributed by atoms with Gasteiger partial charge in [-0.2, -0.15) is 0 Å². The number of carbonyl (C=O) groups is 1. The molecule has 4 rings (SSSR count). The van der Waals surface area contributed by atoms with Gasteiger partial charge in [0.25, 0.3) is 5.91 Å². The van der Waals surface area contributed by atoms with Crippen molar-refractivity contribution in [1.82, 2.24) is 19.8 Å². The maximum absolute atomic E-state index is 12.9. The fourth-order valence-electron chi connectivity index (χ4n) is 3.53. The molecule has 0 aliphatic carbocycles. The summed E-state index contributed by atoms with van der Waals surface area (Å²) in [7, 11) is 3.94. The highest BCUT2D eigenvalue weighted by Crippen LogP contribution is 2.22. The Morgan fingerprint density at radius 1 is 0.971 bits per heavy atom. The fraction of sp³-hybridized carbons (Fsp3) is 0.259. The van der Waals surface area contributed by atoms with Gasteiger partial charge < -0.3 is 19.7 Å². The molecule has 35 heavy (non-hydrogen) atoms. The van der Waals surface area contributed by atoms with Gasteiger partial charge in [0.15, 0.2) is 0 Å². The lowest BCUT2D eigenvalue weighted by atomic mass is 10.2. The van der Waals surface area contributed by atoms with Crippen molar-refractivity contribution in [3.8, 4) is 17.2 Å². The maximum atomic E-state index is 12.9. The number of benzene rings is 3.